The van der Waals surface area contributed by atoms with Gasteiger partial charge in [-0.05, 0) is 68.6 Å². The molecule has 42 heavy (non-hydrogen) atoms. The van der Waals surface area contributed by atoms with Gasteiger partial charge in [0.1, 0.15) is 15.7 Å². The third-order valence-corrected chi connectivity index (χ3v) is 10.9. The summed E-state index contributed by atoms with van der Waals surface area (Å²) in [4.78, 5) is 26.9. The molecule has 0 aromatic carbocycles. The molecule has 0 amide bonds. The number of hydrogen-bond donors (Lipinski definition) is 2. The zero-order chi connectivity index (χ0) is 29.9. The number of rotatable bonds is 6. The number of nitrogens with zero attached hydrogens (tertiary/aromatic N) is 6. The lowest BCUT2D eigenvalue weighted by atomic mass is 9.67. The van der Waals surface area contributed by atoms with Crippen molar-refractivity contribution in [1.29, 1.82) is 0 Å². The van der Waals surface area contributed by atoms with Gasteiger partial charge in [-0.25, -0.2) is 19.2 Å². The summed E-state index contributed by atoms with van der Waals surface area (Å²) < 4.78 is 52.6. The number of aromatic amines is 1. The number of halogens is 4. The Balaban J connectivity index is 1.21. The molecule has 3 N–H and O–H groups in total. The lowest BCUT2D eigenvalue weighted by Crippen LogP contribution is -2.45. The van der Waals surface area contributed by atoms with Gasteiger partial charge in [-0.15, -0.1) is 0 Å². The summed E-state index contributed by atoms with van der Waals surface area (Å²) in [7, 11) is -1.46. The van der Waals surface area contributed by atoms with Gasteiger partial charge in [0, 0.05) is 36.1 Å². The Hall–Kier alpha value is -2.81. The van der Waals surface area contributed by atoms with Gasteiger partial charge in [0.05, 0.1) is 21.9 Å². The van der Waals surface area contributed by atoms with Crippen LogP contribution in [0, 0.1) is 5.41 Å². The molecule has 2 atom stereocenters. The molecular weight excluding hydrogens is 609 g/mol. The highest BCUT2D eigenvalue weighted by Gasteiger charge is 2.50. The Bertz CT molecular complexity index is 1670. The summed E-state index contributed by atoms with van der Waals surface area (Å²) >= 11 is 6.58. The first kappa shape index (κ1) is 29.3. The van der Waals surface area contributed by atoms with E-state index in [-0.39, 0.29) is 21.3 Å². The Kier molecular flexibility index (Phi) is 7.47. The molecular formula is C27H28ClF3N8OS2. The molecule has 15 heteroatoms. The Morgan fingerprint density at radius 2 is 1.93 bits per heavy atom. The minimum Gasteiger partial charge on any atom is -0.342 e. The highest BCUT2D eigenvalue weighted by Crippen LogP contribution is 2.56. The predicted octanol–water partition coefficient (Wildman–Crippen LogP) is 5.68. The van der Waals surface area contributed by atoms with Crippen LogP contribution in [0.5, 0.6) is 0 Å². The van der Waals surface area contributed by atoms with Crippen molar-refractivity contribution in [2.45, 2.75) is 66.3 Å². The van der Waals surface area contributed by atoms with Gasteiger partial charge in [-0.1, -0.05) is 29.4 Å². The summed E-state index contributed by atoms with van der Waals surface area (Å²) in [6.07, 6.45) is 3.10. The predicted molar refractivity (Wildman–Crippen MR) is 156 cm³/mol. The first-order chi connectivity index (χ1) is 19.9. The van der Waals surface area contributed by atoms with Crippen LogP contribution < -0.4 is 10.0 Å². The molecule has 6 rings (SSSR count). The first-order valence-corrected chi connectivity index (χ1v) is 15.7. The standard InChI is InChI=1S/C27H28ClF3N8OS2/c1-25(2,42(32)40)12-16-15-4-3-8-33-17(15)13-26(16)6-10-39(11-7-26)24-37-22-23(38-24)36-19(14-35-22)41-18-5-9-34-21(28)20(18)27(29,30)31/h3-5,8-9,14,16H,6-7,10-13,32H2,1-2H3,(H,35,36,37,38)/t16-,42?/m1/s1. The van der Waals surface area contributed by atoms with E-state index in [9.17, 15) is 17.4 Å². The van der Waals surface area contributed by atoms with Gasteiger partial charge in [0.2, 0.25) is 5.95 Å². The number of hydrogen-bond acceptors (Lipinski definition) is 8. The molecule has 1 spiro atoms. The average molecular weight is 637 g/mol. The summed E-state index contributed by atoms with van der Waals surface area (Å²) in [5.41, 5.74) is 2.04. The van der Waals surface area contributed by atoms with Gasteiger partial charge in [0.25, 0.3) is 0 Å². The topological polar surface area (TPSA) is 127 Å². The molecule has 2 aliphatic rings. The van der Waals surface area contributed by atoms with E-state index in [0.717, 1.165) is 49.8 Å². The van der Waals surface area contributed by atoms with Crippen molar-refractivity contribution in [2.24, 2.45) is 10.6 Å². The SMILES string of the molecule is CC(C)(C[C@@H]1c2cccnc2CC12CCN(c1nc3ncc(Sc4ccnc(Cl)c4C(F)(F)F)nc3[nH]1)CC2)S(N)=O. The Labute approximate surface area is 251 Å². The third-order valence-electron chi connectivity index (χ3n) is 8.40. The maximum absolute atomic E-state index is 13.6. The van der Waals surface area contributed by atoms with Crippen LogP contribution >= 0.6 is 23.4 Å². The van der Waals surface area contributed by atoms with Gasteiger partial charge < -0.3 is 9.88 Å². The fraction of sp³-hybridized carbons (Fsp3) is 0.444. The number of anilines is 1. The number of nitrogens with one attached hydrogen (secondary N) is 1. The molecule has 1 aliphatic heterocycles. The molecule has 5 heterocycles. The van der Waals surface area contributed by atoms with Crippen LogP contribution in [-0.4, -0.2) is 51.9 Å². The number of aromatic nitrogens is 6. The monoisotopic (exact) mass is 636 g/mol. The summed E-state index contributed by atoms with van der Waals surface area (Å²) in [6, 6.07) is 5.34. The van der Waals surface area contributed by atoms with Crippen molar-refractivity contribution >= 4 is 51.6 Å². The maximum atomic E-state index is 13.6. The molecule has 0 bridgehead atoms. The highest BCUT2D eigenvalue weighted by molar-refractivity contribution is 7.99. The summed E-state index contributed by atoms with van der Waals surface area (Å²) in [5.74, 6) is 0.797. The van der Waals surface area contributed by atoms with Gasteiger partial charge in [-0.2, -0.15) is 18.2 Å². The van der Waals surface area contributed by atoms with Crippen LogP contribution in [0.25, 0.3) is 11.3 Å². The highest BCUT2D eigenvalue weighted by atomic mass is 35.5. The quantitative estimate of drug-likeness (QED) is 0.259. The van der Waals surface area contributed by atoms with Crippen LogP contribution in [0.4, 0.5) is 19.1 Å². The lowest BCUT2D eigenvalue weighted by molar-refractivity contribution is -0.139. The molecule has 4 aromatic rings. The normalized spacial score (nSPS) is 19.4. The zero-order valence-corrected chi connectivity index (χ0v) is 25.2. The lowest BCUT2D eigenvalue weighted by Gasteiger charge is -2.45. The second-order valence-corrected chi connectivity index (χ2v) is 14.5. The molecule has 1 unspecified atom stereocenters. The largest absolute Gasteiger partial charge is 0.420 e. The van der Waals surface area contributed by atoms with Crippen LogP contribution in [-0.2, 0) is 23.6 Å². The number of piperidine rings is 1. The van der Waals surface area contributed by atoms with E-state index in [1.807, 2.05) is 26.1 Å². The van der Waals surface area contributed by atoms with E-state index < -0.39 is 32.6 Å². The fourth-order valence-corrected chi connectivity index (χ4v) is 7.69. The van der Waals surface area contributed by atoms with Crippen LogP contribution in [0.2, 0.25) is 5.15 Å². The number of alkyl halides is 3. The number of pyridine rings is 2. The van der Waals surface area contributed by atoms with Gasteiger partial charge in [0.15, 0.2) is 11.3 Å². The molecule has 222 valence electrons. The van der Waals surface area contributed by atoms with E-state index in [1.165, 1.54) is 24.0 Å². The molecule has 1 fully saturated rings. The maximum Gasteiger partial charge on any atom is 0.420 e. The third kappa shape index (κ3) is 5.38. The minimum atomic E-state index is -4.66. The molecule has 9 nitrogen and oxygen atoms in total. The van der Waals surface area contributed by atoms with E-state index in [4.69, 9.17) is 16.7 Å². The molecule has 1 aliphatic carbocycles. The number of imidazole rings is 1. The first-order valence-electron chi connectivity index (χ1n) is 13.3. The fourth-order valence-electron chi connectivity index (χ4n) is 6.13. The van der Waals surface area contributed by atoms with Crippen molar-refractivity contribution in [2.75, 3.05) is 18.0 Å². The van der Waals surface area contributed by atoms with E-state index >= 15 is 0 Å². The van der Waals surface area contributed by atoms with Crippen molar-refractivity contribution in [3.8, 4) is 0 Å². The molecule has 0 saturated carbocycles. The Morgan fingerprint density at radius 3 is 2.64 bits per heavy atom. The van der Waals surface area contributed by atoms with Crippen LogP contribution in [0.3, 0.4) is 0 Å². The number of fused-ring (bicyclic) bond motifs is 2. The number of nitrogens with two attached hydrogens (primary N) is 1. The zero-order valence-electron chi connectivity index (χ0n) is 22.8. The number of H-pyrrole nitrogens is 1. The Morgan fingerprint density at radius 1 is 1.17 bits per heavy atom. The average Bonchev–Trinajstić information content (AvgIpc) is 3.47. The van der Waals surface area contributed by atoms with Crippen molar-refractivity contribution < 1.29 is 17.4 Å². The second kappa shape index (κ2) is 10.7. The van der Waals surface area contributed by atoms with Crippen molar-refractivity contribution in [3.63, 3.8) is 0 Å². The summed E-state index contributed by atoms with van der Waals surface area (Å²) in [6.45, 7) is 5.36. The second-order valence-electron chi connectivity index (χ2n) is 11.4. The van der Waals surface area contributed by atoms with E-state index in [1.54, 1.807) is 0 Å². The van der Waals surface area contributed by atoms with Crippen LogP contribution in [0.1, 0.15) is 55.8 Å². The van der Waals surface area contributed by atoms with Crippen molar-refractivity contribution in [1.82, 2.24) is 29.9 Å². The van der Waals surface area contributed by atoms with Gasteiger partial charge >= 0.3 is 6.18 Å². The molecule has 0 radical (unpaired) electrons. The van der Waals surface area contributed by atoms with E-state index in [0.29, 0.717) is 23.7 Å². The summed E-state index contributed by atoms with van der Waals surface area (Å²) in [5, 5.41) is 5.52. The molecule has 4 aromatic heterocycles. The van der Waals surface area contributed by atoms with Gasteiger partial charge in [-0.3, -0.25) is 10.1 Å². The van der Waals surface area contributed by atoms with Crippen LogP contribution in [0.15, 0.2) is 46.7 Å². The minimum absolute atomic E-state index is 0.0296. The smallest absolute Gasteiger partial charge is 0.342 e. The van der Waals surface area contributed by atoms with Crippen molar-refractivity contribution in [3.05, 3.63) is 58.8 Å². The van der Waals surface area contributed by atoms with E-state index in [2.05, 4.69) is 40.9 Å². The molecule has 1 saturated heterocycles.